The van der Waals surface area contributed by atoms with Gasteiger partial charge in [0.2, 0.25) is 5.89 Å². The van der Waals surface area contributed by atoms with Crippen LogP contribution < -0.4 is 5.32 Å². The molecule has 2 unspecified atom stereocenters. The van der Waals surface area contributed by atoms with Gasteiger partial charge in [0, 0.05) is 31.0 Å². The summed E-state index contributed by atoms with van der Waals surface area (Å²) >= 11 is 0. The van der Waals surface area contributed by atoms with E-state index in [4.69, 9.17) is 9.26 Å². The van der Waals surface area contributed by atoms with Gasteiger partial charge in [0.25, 0.3) is 0 Å². The predicted molar refractivity (Wildman–Crippen MR) is 68.3 cm³/mol. The van der Waals surface area contributed by atoms with E-state index in [1.807, 2.05) is 6.92 Å². The first-order valence-corrected chi connectivity index (χ1v) is 6.68. The van der Waals surface area contributed by atoms with Crippen LogP contribution in [-0.4, -0.2) is 35.4 Å². The normalized spacial score (nSPS) is 26.0. The summed E-state index contributed by atoms with van der Waals surface area (Å²) in [4.78, 5) is 4.19. The van der Waals surface area contributed by atoms with E-state index < -0.39 is 0 Å². The van der Waals surface area contributed by atoms with Gasteiger partial charge in [0.05, 0.1) is 6.10 Å². The summed E-state index contributed by atoms with van der Waals surface area (Å²) in [6.45, 7) is 10.1. The highest BCUT2D eigenvalue weighted by molar-refractivity contribution is 5.02. The van der Waals surface area contributed by atoms with Crippen molar-refractivity contribution in [2.45, 2.75) is 52.7 Å². The molecular weight excluding hydrogens is 230 g/mol. The summed E-state index contributed by atoms with van der Waals surface area (Å²) in [7, 11) is 0. The molecule has 18 heavy (non-hydrogen) atoms. The van der Waals surface area contributed by atoms with Crippen LogP contribution in [0.1, 0.15) is 38.9 Å². The molecule has 1 fully saturated rings. The Morgan fingerprint density at radius 2 is 2.28 bits per heavy atom. The molecule has 5 heteroatoms. The summed E-state index contributed by atoms with van der Waals surface area (Å²) < 4.78 is 10.8. The highest BCUT2D eigenvalue weighted by Gasteiger charge is 2.48. The Morgan fingerprint density at radius 3 is 2.83 bits per heavy atom. The van der Waals surface area contributed by atoms with Gasteiger partial charge in [-0.2, -0.15) is 4.98 Å². The minimum absolute atomic E-state index is 0.209. The molecule has 1 aliphatic rings. The lowest BCUT2D eigenvalue weighted by molar-refractivity contribution is -0.113. The fourth-order valence-corrected chi connectivity index (χ4v) is 2.51. The Kier molecular flexibility index (Phi) is 4.02. The second kappa shape index (κ2) is 5.36. The molecule has 0 aromatic carbocycles. The van der Waals surface area contributed by atoms with Gasteiger partial charge < -0.3 is 14.6 Å². The quantitative estimate of drug-likeness (QED) is 0.836. The van der Waals surface area contributed by atoms with Gasteiger partial charge in [0.1, 0.15) is 0 Å². The highest BCUT2D eigenvalue weighted by Crippen LogP contribution is 2.42. The molecule has 1 N–H and O–H groups in total. The minimum Gasteiger partial charge on any atom is -0.378 e. The molecule has 1 aliphatic carbocycles. The summed E-state index contributed by atoms with van der Waals surface area (Å²) in [6.07, 6.45) is 2.25. The van der Waals surface area contributed by atoms with E-state index in [2.05, 4.69) is 36.2 Å². The molecule has 0 aliphatic heterocycles. The van der Waals surface area contributed by atoms with Crippen molar-refractivity contribution >= 4 is 0 Å². The molecule has 1 saturated carbocycles. The van der Waals surface area contributed by atoms with Crippen LogP contribution in [0.2, 0.25) is 0 Å². The molecule has 1 heterocycles. The Bertz CT molecular complexity index is 389. The minimum atomic E-state index is 0.209. The molecular formula is C13H23N3O2. The number of aryl methyl sites for hydroxylation is 1. The van der Waals surface area contributed by atoms with Crippen molar-refractivity contribution in [3.8, 4) is 0 Å². The largest absolute Gasteiger partial charge is 0.378 e. The van der Waals surface area contributed by atoms with E-state index in [-0.39, 0.29) is 5.41 Å². The van der Waals surface area contributed by atoms with E-state index in [9.17, 15) is 0 Å². The van der Waals surface area contributed by atoms with E-state index in [1.165, 1.54) is 0 Å². The maximum atomic E-state index is 5.71. The van der Waals surface area contributed by atoms with E-state index in [0.717, 1.165) is 26.0 Å². The lowest BCUT2D eigenvalue weighted by Gasteiger charge is -2.52. The summed E-state index contributed by atoms with van der Waals surface area (Å²) in [5.74, 6) is 1.41. The SMILES string of the molecule is CCOC1CC(NCCc2nc(C)no2)C1(C)C. The third-order valence-corrected chi connectivity index (χ3v) is 3.84. The molecule has 102 valence electrons. The fraction of sp³-hybridized carbons (Fsp3) is 0.846. The van der Waals surface area contributed by atoms with Gasteiger partial charge in [-0.05, 0) is 20.3 Å². The Balaban J connectivity index is 1.72. The zero-order valence-electron chi connectivity index (χ0n) is 11.7. The van der Waals surface area contributed by atoms with Crippen LogP contribution in [0, 0.1) is 12.3 Å². The van der Waals surface area contributed by atoms with Crippen LogP contribution in [0.5, 0.6) is 0 Å². The first kappa shape index (κ1) is 13.5. The zero-order valence-corrected chi connectivity index (χ0v) is 11.7. The van der Waals surface area contributed by atoms with Crippen LogP contribution in [0.15, 0.2) is 4.52 Å². The second-order valence-electron chi connectivity index (χ2n) is 5.49. The second-order valence-corrected chi connectivity index (χ2v) is 5.49. The standard InChI is InChI=1S/C13H23N3O2/c1-5-17-11-8-10(13(11,3)4)14-7-6-12-15-9(2)16-18-12/h10-11,14H,5-8H2,1-4H3. The number of aromatic nitrogens is 2. The molecule has 0 spiro atoms. The van der Waals surface area contributed by atoms with E-state index in [1.54, 1.807) is 0 Å². The van der Waals surface area contributed by atoms with Crippen LogP contribution >= 0.6 is 0 Å². The van der Waals surface area contributed by atoms with Crippen molar-refractivity contribution < 1.29 is 9.26 Å². The zero-order chi connectivity index (χ0) is 13.2. The molecule has 0 radical (unpaired) electrons. The lowest BCUT2D eigenvalue weighted by Crippen LogP contribution is -2.61. The van der Waals surface area contributed by atoms with Crippen LogP contribution in [-0.2, 0) is 11.2 Å². The lowest BCUT2D eigenvalue weighted by atomic mass is 9.64. The van der Waals surface area contributed by atoms with Crippen LogP contribution in [0.3, 0.4) is 0 Å². The third kappa shape index (κ3) is 2.72. The van der Waals surface area contributed by atoms with Gasteiger partial charge in [0.15, 0.2) is 5.82 Å². The fourth-order valence-electron chi connectivity index (χ4n) is 2.51. The van der Waals surface area contributed by atoms with Crippen molar-refractivity contribution in [1.29, 1.82) is 0 Å². The maximum Gasteiger partial charge on any atom is 0.227 e. The Morgan fingerprint density at radius 1 is 1.50 bits per heavy atom. The molecule has 1 aromatic rings. The van der Waals surface area contributed by atoms with Crippen molar-refractivity contribution in [1.82, 2.24) is 15.5 Å². The van der Waals surface area contributed by atoms with Crippen molar-refractivity contribution in [3.63, 3.8) is 0 Å². The van der Waals surface area contributed by atoms with Crippen LogP contribution in [0.25, 0.3) is 0 Å². The molecule has 0 bridgehead atoms. The smallest absolute Gasteiger partial charge is 0.227 e. The van der Waals surface area contributed by atoms with Crippen molar-refractivity contribution in [2.75, 3.05) is 13.2 Å². The molecule has 2 atom stereocenters. The van der Waals surface area contributed by atoms with E-state index in [0.29, 0.717) is 23.9 Å². The number of hydrogen-bond acceptors (Lipinski definition) is 5. The molecule has 0 amide bonds. The molecule has 5 nitrogen and oxygen atoms in total. The summed E-state index contributed by atoms with van der Waals surface area (Å²) in [6, 6.07) is 0.512. The first-order valence-electron chi connectivity index (χ1n) is 6.68. The predicted octanol–water partition coefficient (Wildman–Crippen LogP) is 1.71. The highest BCUT2D eigenvalue weighted by atomic mass is 16.5. The van der Waals surface area contributed by atoms with Gasteiger partial charge >= 0.3 is 0 Å². The number of ether oxygens (including phenoxy) is 1. The molecule has 1 aromatic heterocycles. The first-order chi connectivity index (χ1) is 8.54. The average Bonchev–Trinajstić information content (AvgIpc) is 2.73. The van der Waals surface area contributed by atoms with Gasteiger partial charge in [-0.3, -0.25) is 0 Å². The number of rotatable bonds is 6. The van der Waals surface area contributed by atoms with Crippen molar-refractivity contribution in [3.05, 3.63) is 11.7 Å². The Labute approximate surface area is 108 Å². The van der Waals surface area contributed by atoms with Gasteiger partial charge in [-0.25, -0.2) is 0 Å². The number of hydrogen-bond donors (Lipinski definition) is 1. The van der Waals surface area contributed by atoms with Crippen molar-refractivity contribution in [2.24, 2.45) is 5.41 Å². The third-order valence-electron chi connectivity index (χ3n) is 3.84. The molecule has 2 rings (SSSR count). The summed E-state index contributed by atoms with van der Waals surface area (Å²) in [5, 5.41) is 7.33. The molecule has 0 saturated heterocycles. The van der Waals surface area contributed by atoms with Gasteiger partial charge in [-0.1, -0.05) is 19.0 Å². The summed E-state index contributed by atoms with van der Waals surface area (Å²) in [5.41, 5.74) is 0.209. The number of nitrogens with zero attached hydrogens (tertiary/aromatic N) is 2. The van der Waals surface area contributed by atoms with Crippen LogP contribution in [0.4, 0.5) is 0 Å². The van der Waals surface area contributed by atoms with E-state index >= 15 is 0 Å². The topological polar surface area (TPSA) is 60.2 Å². The number of nitrogens with one attached hydrogen (secondary N) is 1. The maximum absolute atomic E-state index is 5.71. The van der Waals surface area contributed by atoms with Gasteiger partial charge in [-0.15, -0.1) is 0 Å². The average molecular weight is 253 g/mol. The monoisotopic (exact) mass is 253 g/mol. The Hall–Kier alpha value is -0.940.